The van der Waals surface area contributed by atoms with Gasteiger partial charge in [-0.1, -0.05) is 18.2 Å². The van der Waals surface area contributed by atoms with E-state index in [1.54, 1.807) is 4.90 Å². The van der Waals surface area contributed by atoms with Crippen molar-refractivity contribution in [3.8, 4) is 0 Å². The van der Waals surface area contributed by atoms with Gasteiger partial charge in [0, 0.05) is 37.1 Å². The van der Waals surface area contributed by atoms with Gasteiger partial charge in [-0.25, -0.2) is 4.79 Å². The van der Waals surface area contributed by atoms with Gasteiger partial charge in [0.2, 0.25) is 5.91 Å². The highest BCUT2D eigenvalue weighted by atomic mass is 16.4. The first-order valence-electron chi connectivity index (χ1n) is 7.69. The molecule has 0 bridgehead atoms. The summed E-state index contributed by atoms with van der Waals surface area (Å²) in [5.41, 5.74) is 0.323. The Balaban J connectivity index is 1.73. The van der Waals surface area contributed by atoms with Gasteiger partial charge in [-0.2, -0.15) is 0 Å². The van der Waals surface area contributed by atoms with Crippen LogP contribution in [0.3, 0.4) is 0 Å². The minimum Gasteiger partial charge on any atom is -0.479 e. The van der Waals surface area contributed by atoms with E-state index in [1.165, 1.54) is 0 Å². The Morgan fingerprint density at radius 1 is 1.22 bits per heavy atom. The van der Waals surface area contributed by atoms with Crippen LogP contribution in [0, 0.1) is 6.92 Å². The maximum absolute atomic E-state index is 12.5. The molecular formula is C17H20N2O4. The fourth-order valence-electron chi connectivity index (χ4n) is 3.13. The molecule has 1 aromatic carbocycles. The number of carbonyl (C=O) groups excluding carboxylic acids is 1. The first-order valence-corrected chi connectivity index (χ1v) is 7.69. The molecule has 6 nitrogen and oxygen atoms in total. The van der Waals surface area contributed by atoms with Crippen molar-refractivity contribution in [1.29, 1.82) is 0 Å². The fourth-order valence-corrected chi connectivity index (χ4v) is 3.13. The number of carboxylic acids is 1. The summed E-state index contributed by atoms with van der Waals surface area (Å²) in [6.45, 7) is 2.72. The number of aromatic nitrogens is 1. The number of piperidine rings is 1. The molecule has 0 aliphatic carbocycles. The highest BCUT2D eigenvalue weighted by Gasteiger charge is 2.40. The summed E-state index contributed by atoms with van der Waals surface area (Å²) >= 11 is 0. The molecule has 1 aromatic heterocycles. The summed E-state index contributed by atoms with van der Waals surface area (Å²) in [6, 6.07) is 9.94. The van der Waals surface area contributed by atoms with E-state index in [0.29, 0.717) is 0 Å². The van der Waals surface area contributed by atoms with E-state index < -0.39 is 11.6 Å². The van der Waals surface area contributed by atoms with Crippen molar-refractivity contribution < 1.29 is 19.8 Å². The van der Waals surface area contributed by atoms with E-state index >= 15 is 0 Å². The largest absolute Gasteiger partial charge is 0.479 e. The first kappa shape index (κ1) is 15.6. The van der Waals surface area contributed by atoms with Crippen LogP contribution in [0.4, 0.5) is 0 Å². The number of para-hydroxylation sites is 1. The number of carboxylic acid groups (broad SMARTS) is 1. The van der Waals surface area contributed by atoms with Crippen LogP contribution >= 0.6 is 0 Å². The number of aliphatic hydroxyl groups is 1. The number of carbonyl (C=O) groups is 2. The maximum atomic E-state index is 12.5. The van der Waals surface area contributed by atoms with Gasteiger partial charge < -0.3 is 19.7 Å². The van der Waals surface area contributed by atoms with Crippen LogP contribution in [0.25, 0.3) is 10.9 Å². The predicted molar refractivity (Wildman–Crippen MR) is 85.1 cm³/mol. The Bertz CT molecular complexity index is 757. The average molecular weight is 316 g/mol. The van der Waals surface area contributed by atoms with Gasteiger partial charge >= 0.3 is 5.97 Å². The molecule has 3 rings (SSSR count). The Morgan fingerprint density at radius 2 is 1.87 bits per heavy atom. The number of aryl methyl sites for hydroxylation is 1. The van der Waals surface area contributed by atoms with Gasteiger partial charge in [-0.05, 0) is 24.4 Å². The SMILES string of the molecule is Cc1cc2ccccc2n1CC(=O)N1CCC(O)(C(=O)O)CC1. The first-order chi connectivity index (χ1) is 10.9. The van der Waals surface area contributed by atoms with E-state index in [0.717, 1.165) is 16.6 Å². The number of hydrogen-bond donors (Lipinski definition) is 2. The zero-order chi connectivity index (χ0) is 16.6. The van der Waals surface area contributed by atoms with Gasteiger partial charge in [0.25, 0.3) is 0 Å². The van der Waals surface area contributed by atoms with Crippen LogP contribution in [0.15, 0.2) is 30.3 Å². The molecule has 1 amide bonds. The third kappa shape index (κ3) is 2.82. The summed E-state index contributed by atoms with van der Waals surface area (Å²) in [6.07, 6.45) is 0.138. The zero-order valence-corrected chi connectivity index (χ0v) is 13.0. The molecule has 0 spiro atoms. The standard InChI is InChI=1S/C17H20N2O4/c1-12-10-13-4-2-3-5-14(13)19(12)11-15(20)18-8-6-17(23,7-9-18)16(21)22/h2-5,10,23H,6-9,11H2,1H3,(H,21,22). The third-order valence-corrected chi connectivity index (χ3v) is 4.65. The predicted octanol–water partition coefficient (Wildman–Crippen LogP) is 1.39. The molecule has 122 valence electrons. The number of amides is 1. The van der Waals surface area contributed by atoms with Crippen LogP contribution in [0.5, 0.6) is 0 Å². The third-order valence-electron chi connectivity index (χ3n) is 4.65. The summed E-state index contributed by atoms with van der Waals surface area (Å²) in [5.74, 6) is -1.27. The van der Waals surface area contributed by atoms with E-state index in [4.69, 9.17) is 5.11 Å². The van der Waals surface area contributed by atoms with Gasteiger partial charge in [0.05, 0.1) is 0 Å². The van der Waals surface area contributed by atoms with Gasteiger partial charge in [0.15, 0.2) is 5.60 Å². The summed E-state index contributed by atoms with van der Waals surface area (Å²) < 4.78 is 1.97. The Kier molecular flexibility index (Phi) is 3.85. The van der Waals surface area contributed by atoms with Crippen LogP contribution in [-0.4, -0.2) is 50.2 Å². The number of benzene rings is 1. The lowest BCUT2D eigenvalue weighted by Gasteiger charge is -2.35. The molecule has 6 heteroatoms. The quantitative estimate of drug-likeness (QED) is 0.896. The van der Waals surface area contributed by atoms with Gasteiger partial charge in [-0.15, -0.1) is 0 Å². The lowest BCUT2D eigenvalue weighted by molar-refractivity contribution is -0.165. The molecule has 1 fully saturated rings. The Hall–Kier alpha value is -2.34. The summed E-state index contributed by atoms with van der Waals surface area (Å²) in [7, 11) is 0. The molecular weight excluding hydrogens is 296 g/mol. The fraction of sp³-hybridized carbons (Fsp3) is 0.412. The molecule has 2 heterocycles. The summed E-state index contributed by atoms with van der Waals surface area (Å²) in [4.78, 5) is 25.2. The van der Waals surface area contributed by atoms with E-state index in [-0.39, 0.29) is 38.4 Å². The van der Waals surface area contributed by atoms with Crippen molar-refractivity contribution >= 4 is 22.8 Å². The molecule has 2 N–H and O–H groups in total. The molecule has 2 aromatic rings. The molecule has 0 unspecified atom stereocenters. The monoisotopic (exact) mass is 316 g/mol. The number of fused-ring (bicyclic) bond motifs is 1. The van der Waals surface area contributed by atoms with Crippen molar-refractivity contribution in [3.63, 3.8) is 0 Å². The number of hydrogen-bond acceptors (Lipinski definition) is 3. The maximum Gasteiger partial charge on any atom is 0.335 e. The van der Waals surface area contributed by atoms with Gasteiger partial charge in [-0.3, -0.25) is 4.79 Å². The highest BCUT2D eigenvalue weighted by molar-refractivity contribution is 5.84. The smallest absolute Gasteiger partial charge is 0.335 e. The van der Waals surface area contributed by atoms with Crippen molar-refractivity contribution in [2.75, 3.05) is 13.1 Å². The van der Waals surface area contributed by atoms with E-state index in [9.17, 15) is 14.7 Å². The summed E-state index contributed by atoms with van der Waals surface area (Å²) in [5, 5.41) is 20.1. The van der Waals surface area contributed by atoms with E-state index in [2.05, 4.69) is 0 Å². The molecule has 23 heavy (non-hydrogen) atoms. The second-order valence-electron chi connectivity index (χ2n) is 6.15. The van der Waals surface area contributed by atoms with Crippen LogP contribution in [-0.2, 0) is 16.1 Å². The number of likely N-dealkylation sites (tertiary alicyclic amines) is 1. The van der Waals surface area contributed by atoms with Crippen molar-refractivity contribution in [1.82, 2.24) is 9.47 Å². The highest BCUT2D eigenvalue weighted by Crippen LogP contribution is 2.24. The number of aliphatic carboxylic acids is 1. The molecule has 1 saturated heterocycles. The molecule has 1 aliphatic rings. The molecule has 1 aliphatic heterocycles. The van der Waals surface area contributed by atoms with Crippen LogP contribution in [0.2, 0.25) is 0 Å². The average Bonchev–Trinajstić information content (AvgIpc) is 2.84. The van der Waals surface area contributed by atoms with Crippen molar-refractivity contribution in [3.05, 3.63) is 36.0 Å². The zero-order valence-electron chi connectivity index (χ0n) is 13.0. The number of rotatable bonds is 3. The second kappa shape index (κ2) is 5.70. The minimum atomic E-state index is -1.70. The lowest BCUT2D eigenvalue weighted by atomic mass is 9.91. The van der Waals surface area contributed by atoms with Gasteiger partial charge in [0.1, 0.15) is 6.54 Å². The normalized spacial score (nSPS) is 17.4. The van der Waals surface area contributed by atoms with Crippen molar-refractivity contribution in [2.45, 2.75) is 31.9 Å². The minimum absolute atomic E-state index is 0.0538. The molecule has 0 radical (unpaired) electrons. The number of nitrogens with zero attached hydrogens (tertiary/aromatic N) is 2. The molecule has 0 saturated carbocycles. The van der Waals surface area contributed by atoms with Crippen LogP contribution in [0.1, 0.15) is 18.5 Å². The Labute approximate surface area is 133 Å². The van der Waals surface area contributed by atoms with Crippen molar-refractivity contribution in [2.24, 2.45) is 0 Å². The molecule has 0 atom stereocenters. The second-order valence-corrected chi connectivity index (χ2v) is 6.15. The topological polar surface area (TPSA) is 82.8 Å². The Morgan fingerprint density at radius 3 is 2.52 bits per heavy atom. The van der Waals surface area contributed by atoms with Crippen LogP contribution < -0.4 is 0 Å². The lowest BCUT2D eigenvalue weighted by Crippen LogP contribution is -2.51. The van der Waals surface area contributed by atoms with E-state index in [1.807, 2.05) is 41.8 Å².